The SMILES string of the molecule is Cc1nc2ccc(C(=O)N3CCO[C@H](C(=O)N4CCCCC4)C3)cc2[nH]1. The van der Waals surface area contributed by atoms with Gasteiger partial charge in [0.15, 0.2) is 6.10 Å². The van der Waals surface area contributed by atoms with Gasteiger partial charge in [-0.25, -0.2) is 4.98 Å². The zero-order valence-corrected chi connectivity index (χ0v) is 15.0. The van der Waals surface area contributed by atoms with Gasteiger partial charge in [-0.15, -0.1) is 0 Å². The average molecular weight is 356 g/mol. The number of carbonyl (C=O) groups excluding carboxylic acids is 2. The molecular formula is C19H24N4O3. The number of nitrogens with one attached hydrogen (secondary N) is 1. The Morgan fingerprint density at radius 1 is 1.15 bits per heavy atom. The number of benzene rings is 1. The third kappa shape index (κ3) is 3.31. The van der Waals surface area contributed by atoms with Crippen molar-refractivity contribution < 1.29 is 14.3 Å². The molecule has 0 aliphatic carbocycles. The largest absolute Gasteiger partial charge is 0.365 e. The van der Waals surface area contributed by atoms with Gasteiger partial charge in [0, 0.05) is 25.2 Å². The molecule has 1 aromatic carbocycles. The number of amides is 2. The van der Waals surface area contributed by atoms with Crippen LogP contribution in [-0.2, 0) is 9.53 Å². The van der Waals surface area contributed by atoms with E-state index in [-0.39, 0.29) is 11.8 Å². The molecule has 3 heterocycles. The van der Waals surface area contributed by atoms with Crippen LogP contribution in [0.25, 0.3) is 11.0 Å². The number of piperidine rings is 1. The van der Waals surface area contributed by atoms with Crippen molar-refractivity contribution in [1.82, 2.24) is 19.8 Å². The molecule has 0 unspecified atom stereocenters. The fourth-order valence-corrected chi connectivity index (χ4v) is 3.75. The highest BCUT2D eigenvalue weighted by atomic mass is 16.5. The molecule has 4 rings (SSSR count). The van der Waals surface area contributed by atoms with Crippen LogP contribution < -0.4 is 0 Å². The number of likely N-dealkylation sites (tertiary alicyclic amines) is 1. The Bertz CT molecular complexity index is 825. The van der Waals surface area contributed by atoms with Gasteiger partial charge in [-0.05, 0) is 44.4 Å². The van der Waals surface area contributed by atoms with E-state index in [1.807, 2.05) is 24.0 Å². The maximum Gasteiger partial charge on any atom is 0.254 e. The quantitative estimate of drug-likeness (QED) is 0.889. The molecule has 138 valence electrons. The Labute approximate surface area is 152 Å². The standard InChI is InChI=1S/C19H24N4O3/c1-13-20-15-6-5-14(11-16(15)21-13)18(24)23-9-10-26-17(12-23)19(25)22-7-3-2-4-8-22/h5-6,11,17H,2-4,7-10,12H2,1H3,(H,20,21)/t17-/m0/s1. The average Bonchev–Trinajstić information content (AvgIpc) is 3.06. The summed E-state index contributed by atoms with van der Waals surface area (Å²) in [6, 6.07) is 5.47. The van der Waals surface area contributed by atoms with Crippen LogP contribution in [0.4, 0.5) is 0 Å². The van der Waals surface area contributed by atoms with Gasteiger partial charge < -0.3 is 19.5 Å². The summed E-state index contributed by atoms with van der Waals surface area (Å²) in [7, 11) is 0. The first kappa shape index (κ1) is 17.0. The third-order valence-corrected chi connectivity index (χ3v) is 5.14. The summed E-state index contributed by atoms with van der Waals surface area (Å²) >= 11 is 0. The minimum absolute atomic E-state index is 0.0156. The molecule has 1 atom stereocenters. The molecule has 0 radical (unpaired) electrons. The highest BCUT2D eigenvalue weighted by Crippen LogP contribution is 2.18. The predicted octanol–water partition coefficient (Wildman–Crippen LogP) is 1.72. The Morgan fingerprint density at radius 3 is 2.77 bits per heavy atom. The van der Waals surface area contributed by atoms with E-state index in [0.717, 1.165) is 42.8 Å². The van der Waals surface area contributed by atoms with Crippen LogP contribution >= 0.6 is 0 Å². The van der Waals surface area contributed by atoms with Crippen LogP contribution in [0.5, 0.6) is 0 Å². The summed E-state index contributed by atoms with van der Waals surface area (Å²) in [5.74, 6) is 0.768. The van der Waals surface area contributed by atoms with Gasteiger partial charge in [0.05, 0.1) is 24.2 Å². The molecule has 1 N–H and O–H groups in total. The number of ether oxygens (including phenoxy) is 1. The van der Waals surface area contributed by atoms with Crippen molar-refractivity contribution in [2.24, 2.45) is 0 Å². The third-order valence-electron chi connectivity index (χ3n) is 5.14. The van der Waals surface area contributed by atoms with Gasteiger partial charge in [-0.1, -0.05) is 0 Å². The van der Waals surface area contributed by atoms with Gasteiger partial charge in [-0.3, -0.25) is 9.59 Å². The van der Waals surface area contributed by atoms with Crippen molar-refractivity contribution >= 4 is 22.8 Å². The second-order valence-corrected chi connectivity index (χ2v) is 7.05. The number of H-pyrrole nitrogens is 1. The number of aromatic amines is 1. The van der Waals surface area contributed by atoms with E-state index < -0.39 is 6.10 Å². The van der Waals surface area contributed by atoms with Crippen LogP contribution in [0.3, 0.4) is 0 Å². The monoisotopic (exact) mass is 356 g/mol. The van der Waals surface area contributed by atoms with Crippen LogP contribution in [0.1, 0.15) is 35.4 Å². The second kappa shape index (κ2) is 7.07. The predicted molar refractivity (Wildman–Crippen MR) is 96.9 cm³/mol. The molecule has 0 spiro atoms. The molecule has 2 aromatic rings. The summed E-state index contributed by atoms with van der Waals surface area (Å²) in [6.45, 7) is 4.68. The van der Waals surface area contributed by atoms with Gasteiger partial charge in [0.25, 0.3) is 11.8 Å². The van der Waals surface area contributed by atoms with Gasteiger partial charge in [0.1, 0.15) is 5.82 Å². The minimum Gasteiger partial charge on any atom is -0.365 e. The lowest BCUT2D eigenvalue weighted by Gasteiger charge is -2.36. The zero-order valence-electron chi connectivity index (χ0n) is 15.0. The normalized spacial score (nSPS) is 21.2. The van der Waals surface area contributed by atoms with Crippen molar-refractivity contribution in [2.75, 3.05) is 32.8 Å². The Kier molecular flexibility index (Phi) is 4.63. The van der Waals surface area contributed by atoms with Crippen molar-refractivity contribution in [3.05, 3.63) is 29.6 Å². The van der Waals surface area contributed by atoms with E-state index >= 15 is 0 Å². The number of hydrogen-bond acceptors (Lipinski definition) is 4. The molecule has 0 saturated carbocycles. The number of carbonyl (C=O) groups is 2. The molecular weight excluding hydrogens is 332 g/mol. The number of aryl methyl sites for hydroxylation is 1. The lowest BCUT2D eigenvalue weighted by Crippen LogP contribution is -2.53. The Balaban J connectivity index is 1.47. The molecule has 2 fully saturated rings. The van der Waals surface area contributed by atoms with Gasteiger partial charge >= 0.3 is 0 Å². The topological polar surface area (TPSA) is 78.5 Å². The summed E-state index contributed by atoms with van der Waals surface area (Å²) in [5.41, 5.74) is 2.30. The highest BCUT2D eigenvalue weighted by molar-refractivity contribution is 5.97. The number of rotatable bonds is 2. The van der Waals surface area contributed by atoms with Gasteiger partial charge in [0.2, 0.25) is 0 Å². The van der Waals surface area contributed by atoms with E-state index in [2.05, 4.69) is 9.97 Å². The fourth-order valence-electron chi connectivity index (χ4n) is 3.75. The fraction of sp³-hybridized carbons (Fsp3) is 0.526. The van der Waals surface area contributed by atoms with E-state index in [1.165, 1.54) is 6.42 Å². The van der Waals surface area contributed by atoms with E-state index in [9.17, 15) is 9.59 Å². The maximum atomic E-state index is 12.9. The minimum atomic E-state index is -0.552. The highest BCUT2D eigenvalue weighted by Gasteiger charge is 2.33. The van der Waals surface area contributed by atoms with Crippen LogP contribution in [0.2, 0.25) is 0 Å². The van der Waals surface area contributed by atoms with Crippen LogP contribution in [0.15, 0.2) is 18.2 Å². The van der Waals surface area contributed by atoms with Crippen LogP contribution in [0, 0.1) is 6.92 Å². The summed E-state index contributed by atoms with van der Waals surface area (Å²) in [5, 5.41) is 0. The number of aromatic nitrogens is 2. The number of imidazole rings is 1. The van der Waals surface area contributed by atoms with Crippen molar-refractivity contribution in [1.29, 1.82) is 0 Å². The first-order valence-electron chi connectivity index (χ1n) is 9.28. The molecule has 2 saturated heterocycles. The molecule has 2 amide bonds. The first-order valence-corrected chi connectivity index (χ1v) is 9.28. The van der Waals surface area contributed by atoms with Gasteiger partial charge in [-0.2, -0.15) is 0 Å². The summed E-state index contributed by atoms with van der Waals surface area (Å²) < 4.78 is 5.68. The molecule has 2 aliphatic rings. The number of hydrogen-bond donors (Lipinski definition) is 1. The summed E-state index contributed by atoms with van der Waals surface area (Å²) in [6.07, 6.45) is 2.72. The Hall–Kier alpha value is -2.41. The smallest absolute Gasteiger partial charge is 0.254 e. The van der Waals surface area contributed by atoms with E-state index in [1.54, 1.807) is 11.0 Å². The first-order chi connectivity index (χ1) is 12.6. The number of nitrogens with zero attached hydrogens (tertiary/aromatic N) is 3. The van der Waals surface area contributed by atoms with Crippen LogP contribution in [-0.4, -0.2) is 70.5 Å². The van der Waals surface area contributed by atoms with Crippen molar-refractivity contribution in [3.8, 4) is 0 Å². The molecule has 0 bridgehead atoms. The maximum absolute atomic E-state index is 12.9. The molecule has 26 heavy (non-hydrogen) atoms. The Morgan fingerprint density at radius 2 is 1.96 bits per heavy atom. The summed E-state index contributed by atoms with van der Waals surface area (Å²) in [4.78, 5) is 36.7. The number of fused-ring (bicyclic) bond motifs is 1. The lowest BCUT2D eigenvalue weighted by atomic mass is 10.1. The van der Waals surface area contributed by atoms with Crippen molar-refractivity contribution in [2.45, 2.75) is 32.3 Å². The zero-order chi connectivity index (χ0) is 18.1. The number of morpholine rings is 1. The second-order valence-electron chi connectivity index (χ2n) is 7.05. The molecule has 1 aromatic heterocycles. The molecule has 2 aliphatic heterocycles. The molecule has 7 nitrogen and oxygen atoms in total. The van der Waals surface area contributed by atoms with E-state index in [4.69, 9.17) is 4.74 Å². The molecule has 7 heteroatoms. The lowest BCUT2D eigenvalue weighted by molar-refractivity contribution is -0.149. The van der Waals surface area contributed by atoms with Crippen molar-refractivity contribution in [3.63, 3.8) is 0 Å². The van der Waals surface area contributed by atoms with E-state index in [0.29, 0.717) is 25.3 Å².